The highest BCUT2D eigenvalue weighted by atomic mass is 14.7. The number of hydrogen-bond donors (Lipinski definition) is 1. The van der Waals surface area contributed by atoms with Crippen molar-refractivity contribution in [3.63, 3.8) is 0 Å². The second-order valence-corrected chi connectivity index (χ2v) is 4.60. The fourth-order valence-electron chi connectivity index (χ4n) is 1.94. The topological polar surface area (TPSA) is 49.6 Å². The molecule has 0 saturated carbocycles. The van der Waals surface area contributed by atoms with Gasteiger partial charge in [0.05, 0.1) is 0 Å². The van der Waals surface area contributed by atoms with E-state index in [1.165, 1.54) is 11.8 Å². The Labute approximate surface area is 119 Å². The highest BCUT2D eigenvalue weighted by Crippen LogP contribution is 2.09. The van der Waals surface area contributed by atoms with Gasteiger partial charge in [0.25, 0.3) is 0 Å². The molecule has 2 heterocycles. The average molecular weight is 263 g/mol. The Hall–Kier alpha value is -2.47. The third kappa shape index (κ3) is 3.30. The maximum absolute atomic E-state index is 7.26. The smallest absolute Gasteiger partial charge is 0.113 e. The van der Waals surface area contributed by atoms with Crippen LogP contribution in [-0.4, -0.2) is 16.2 Å². The number of aryl methyl sites for hydroxylation is 2. The summed E-state index contributed by atoms with van der Waals surface area (Å²) in [6.07, 6.45) is 8.69. The summed E-state index contributed by atoms with van der Waals surface area (Å²) in [4.78, 5) is 8.39. The lowest BCUT2D eigenvalue weighted by atomic mass is 10.1. The minimum Gasteiger partial charge on any atom is -0.308 e. The number of nitrogens with one attached hydrogen (secondary N) is 1. The standard InChI is InChI=1S/C17H17N3/c1-3-4-14-7-8-19-11-15(14)5-6-17-9-13(2)16(10-18)12-20-17/h7-12,18H,3-4H2,1-2H3. The van der Waals surface area contributed by atoms with Crippen molar-refractivity contribution < 1.29 is 0 Å². The van der Waals surface area contributed by atoms with Crippen LogP contribution in [0.1, 0.15) is 41.3 Å². The highest BCUT2D eigenvalue weighted by Gasteiger charge is 1.99. The van der Waals surface area contributed by atoms with Crippen molar-refractivity contribution in [2.45, 2.75) is 26.7 Å². The molecule has 0 atom stereocenters. The van der Waals surface area contributed by atoms with Gasteiger partial charge in [-0.2, -0.15) is 0 Å². The third-order valence-electron chi connectivity index (χ3n) is 3.06. The van der Waals surface area contributed by atoms with Crippen molar-refractivity contribution in [1.29, 1.82) is 5.41 Å². The van der Waals surface area contributed by atoms with Gasteiger partial charge in [-0.3, -0.25) is 4.98 Å². The van der Waals surface area contributed by atoms with Gasteiger partial charge in [-0.05, 0) is 42.5 Å². The summed E-state index contributed by atoms with van der Waals surface area (Å²) in [7, 11) is 0. The molecule has 0 aromatic carbocycles. The van der Waals surface area contributed by atoms with Gasteiger partial charge in [0.1, 0.15) is 5.69 Å². The molecule has 0 radical (unpaired) electrons. The zero-order valence-corrected chi connectivity index (χ0v) is 11.8. The van der Waals surface area contributed by atoms with Crippen LogP contribution in [0.2, 0.25) is 0 Å². The Bertz CT molecular complexity index is 678. The van der Waals surface area contributed by atoms with E-state index < -0.39 is 0 Å². The average Bonchev–Trinajstić information content (AvgIpc) is 2.47. The van der Waals surface area contributed by atoms with E-state index in [1.54, 1.807) is 18.6 Å². The summed E-state index contributed by atoms with van der Waals surface area (Å²) in [5.74, 6) is 6.22. The maximum Gasteiger partial charge on any atom is 0.113 e. The molecule has 2 rings (SSSR count). The second-order valence-electron chi connectivity index (χ2n) is 4.60. The molecule has 2 aromatic rings. The zero-order valence-electron chi connectivity index (χ0n) is 11.8. The van der Waals surface area contributed by atoms with Gasteiger partial charge in [-0.25, -0.2) is 4.98 Å². The first-order valence-corrected chi connectivity index (χ1v) is 6.66. The van der Waals surface area contributed by atoms with Crippen molar-refractivity contribution in [3.05, 3.63) is 58.7 Å². The van der Waals surface area contributed by atoms with Crippen LogP contribution in [-0.2, 0) is 6.42 Å². The number of nitrogens with zero attached hydrogens (tertiary/aromatic N) is 2. The van der Waals surface area contributed by atoms with E-state index in [4.69, 9.17) is 5.41 Å². The number of rotatable bonds is 3. The lowest BCUT2D eigenvalue weighted by molar-refractivity contribution is 0.915. The van der Waals surface area contributed by atoms with Crippen LogP contribution in [0.3, 0.4) is 0 Å². The Kier molecular flexibility index (Phi) is 4.62. The van der Waals surface area contributed by atoms with Crippen molar-refractivity contribution in [2.75, 3.05) is 0 Å². The van der Waals surface area contributed by atoms with E-state index in [2.05, 4.69) is 28.7 Å². The van der Waals surface area contributed by atoms with Crippen LogP contribution in [0.5, 0.6) is 0 Å². The van der Waals surface area contributed by atoms with Gasteiger partial charge >= 0.3 is 0 Å². The molecule has 0 fully saturated rings. The second kappa shape index (κ2) is 6.63. The fraction of sp³-hybridized carbons (Fsp3) is 0.235. The molecule has 2 aromatic heterocycles. The van der Waals surface area contributed by atoms with Gasteiger partial charge in [0.15, 0.2) is 0 Å². The molecular weight excluding hydrogens is 246 g/mol. The molecule has 0 spiro atoms. The molecule has 0 bridgehead atoms. The molecular formula is C17H17N3. The minimum atomic E-state index is 0.722. The van der Waals surface area contributed by atoms with E-state index in [1.807, 2.05) is 19.1 Å². The van der Waals surface area contributed by atoms with E-state index in [9.17, 15) is 0 Å². The molecule has 20 heavy (non-hydrogen) atoms. The third-order valence-corrected chi connectivity index (χ3v) is 3.06. The van der Waals surface area contributed by atoms with Crippen LogP contribution in [0, 0.1) is 24.2 Å². The molecule has 3 heteroatoms. The summed E-state index contributed by atoms with van der Waals surface area (Å²) in [6.45, 7) is 4.11. The van der Waals surface area contributed by atoms with Crippen LogP contribution < -0.4 is 0 Å². The SMILES string of the molecule is CCCc1ccncc1C#Cc1cc(C)c(C=N)cn1. The van der Waals surface area contributed by atoms with Crippen LogP contribution >= 0.6 is 0 Å². The Morgan fingerprint density at radius 1 is 1.30 bits per heavy atom. The van der Waals surface area contributed by atoms with Crippen molar-refractivity contribution in [3.8, 4) is 11.8 Å². The van der Waals surface area contributed by atoms with Gasteiger partial charge in [-0.15, -0.1) is 0 Å². The van der Waals surface area contributed by atoms with Gasteiger partial charge < -0.3 is 5.41 Å². The summed E-state index contributed by atoms with van der Waals surface area (Å²) >= 11 is 0. The molecule has 3 nitrogen and oxygen atoms in total. The molecule has 0 unspecified atom stereocenters. The first-order valence-electron chi connectivity index (χ1n) is 6.66. The Morgan fingerprint density at radius 3 is 2.85 bits per heavy atom. The van der Waals surface area contributed by atoms with E-state index >= 15 is 0 Å². The molecule has 0 aliphatic rings. The first kappa shape index (κ1) is 14.0. The zero-order chi connectivity index (χ0) is 14.4. The lowest BCUT2D eigenvalue weighted by Crippen LogP contribution is -1.93. The van der Waals surface area contributed by atoms with Crippen molar-refractivity contribution in [1.82, 2.24) is 9.97 Å². The van der Waals surface area contributed by atoms with Crippen molar-refractivity contribution >= 4 is 6.21 Å². The fourth-order valence-corrected chi connectivity index (χ4v) is 1.94. The quantitative estimate of drug-likeness (QED) is 0.683. The first-order chi connectivity index (χ1) is 9.74. The Morgan fingerprint density at radius 2 is 2.15 bits per heavy atom. The minimum absolute atomic E-state index is 0.722. The largest absolute Gasteiger partial charge is 0.308 e. The molecule has 0 aliphatic carbocycles. The number of pyridine rings is 2. The van der Waals surface area contributed by atoms with Crippen LogP contribution in [0.15, 0.2) is 30.7 Å². The van der Waals surface area contributed by atoms with Crippen LogP contribution in [0.4, 0.5) is 0 Å². The van der Waals surface area contributed by atoms with E-state index in [0.717, 1.165) is 35.2 Å². The number of aromatic nitrogens is 2. The molecule has 0 aliphatic heterocycles. The summed E-state index contributed by atoms with van der Waals surface area (Å²) in [5.41, 5.74) is 4.75. The highest BCUT2D eigenvalue weighted by molar-refractivity contribution is 5.78. The number of hydrogen-bond acceptors (Lipinski definition) is 3. The van der Waals surface area contributed by atoms with Crippen molar-refractivity contribution in [2.24, 2.45) is 0 Å². The molecule has 0 amide bonds. The van der Waals surface area contributed by atoms with Gasteiger partial charge in [0, 0.05) is 35.9 Å². The lowest BCUT2D eigenvalue weighted by Gasteiger charge is -2.01. The van der Waals surface area contributed by atoms with Gasteiger partial charge in [-0.1, -0.05) is 19.3 Å². The Balaban J connectivity index is 2.31. The monoisotopic (exact) mass is 263 g/mol. The van der Waals surface area contributed by atoms with Gasteiger partial charge in [0.2, 0.25) is 0 Å². The molecule has 1 N–H and O–H groups in total. The normalized spacial score (nSPS) is 9.70. The maximum atomic E-state index is 7.26. The molecule has 0 saturated heterocycles. The van der Waals surface area contributed by atoms with E-state index in [0.29, 0.717) is 0 Å². The predicted molar refractivity (Wildman–Crippen MR) is 81.1 cm³/mol. The molecule has 100 valence electrons. The predicted octanol–water partition coefficient (Wildman–Crippen LogP) is 3.13. The van der Waals surface area contributed by atoms with Crippen LogP contribution in [0.25, 0.3) is 0 Å². The summed E-state index contributed by atoms with van der Waals surface area (Å²) in [6, 6.07) is 3.92. The van der Waals surface area contributed by atoms with E-state index in [-0.39, 0.29) is 0 Å². The summed E-state index contributed by atoms with van der Waals surface area (Å²) in [5, 5.41) is 7.26. The summed E-state index contributed by atoms with van der Waals surface area (Å²) < 4.78 is 0.